The number of halogens is 1. The van der Waals surface area contributed by atoms with Crippen molar-refractivity contribution in [3.8, 4) is 0 Å². The smallest absolute Gasteiger partial charge is 0.357 e. The molecule has 8 heteroatoms. The normalized spacial score (nSPS) is 10.2. The first kappa shape index (κ1) is 13.6. The van der Waals surface area contributed by atoms with E-state index in [1.54, 1.807) is 6.20 Å². The molecule has 2 N–H and O–H groups in total. The van der Waals surface area contributed by atoms with Crippen molar-refractivity contribution in [1.82, 2.24) is 14.4 Å². The molecule has 0 aromatic carbocycles. The SMILES string of the molecule is CCSc1nc(C(=O)O)c2c(=O)[nH]ccn12.Cl. The van der Waals surface area contributed by atoms with Crippen molar-refractivity contribution in [2.75, 3.05) is 5.75 Å². The van der Waals surface area contributed by atoms with Crippen LogP contribution >= 0.6 is 24.2 Å². The van der Waals surface area contributed by atoms with Crippen LogP contribution in [0.1, 0.15) is 17.4 Å². The molecule has 92 valence electrons. The van der Waals surface area contributed by atoms with Crippen molar-refractivity contribution in [2.45, 2.75) is 12.1 Å². The van der Waals surface area contributed by atoms with Gasteiger partial charge in [-0.2, -0.15) is 0 Å². The molecule has 0 spiro atoms. The standard InChI is InChI=1S/C9H9N3O3S.ClH/c1-2-16-9-11-5(8(14)15)6-7(13)10-3-4-12(6)9;/h3-4H,2H2,1H3,(H,10,13)(H,14,15);1H. The van der Waals surface area contributed by atoms with Crippen LogP contribution in [0.5, 0.6) is 0 Å². The van der Waals surface area contributed by atoms with E-state index in [0.29, 0.717) is 5.16 Å². The Kier molecular flexibility index (Phi) is 4.19. The van der Waals surface area contributed by atoms with Crippen molar-refractivity contribution in [3.63, 3.8) is 0 Å². The molecule has 6 nitrogen and oxygen atoms in total. The van der Waals surface area contributed by atoms with Crippen LogP contribution in [0.25, 0.3) is 5.52 Å². The van der Waals surface area contributed by atoms with Gasteiger partial charge < -0.3 is 10.1 Å². The van der Waals surface area contributed by atoms with E-state index in [0.717, 1.165) is 5.75 Å². The third-order valence-corrected chi connectivity index (χ3v) is 2.84. The lowest BCUT2D eigenvalue weighted by molar-refractivity contribution is 0.0692. The maximum Gasteiger partial charge on any atom is 0.357 e. The zero-order valence-corrected chi connectivity index (χ0v) is 10.5. The summed E-state index contributed by atoms with van der Waals surface area (Å²) in [5.41, 5.74) is -0.584. The number of thioether (sulfide) groups is 1. The maximum absolute atomic E-state index is 11.5. The summed E-state index contributed by atoms with van der Waals surface area (Å²) >= 11 is 1.39. The van der Waals surface area contributed by atoms with Crippen molar-refractivity contribution >= 4 is 35.7 Å². The largest absolute Gasteiger partial charge is 0.476 e. The molecule has 0 saturated carbocycles. The number of carbonyl (C=O) groups is 1. The van der Waals surface area contributed by atoms with Gasteiger partial charge >= 0.3 is 5.97 Å². The molecule has 0 saturated heterocycles. The Morgan fingerprint density at radius 3 is 2.94 bits per heavy atom. The summed E-state index contributed by atoms with van der Waals surface area (Å²) in [6.45, 7) is 1.93. The van der Waals surface area contributed by atoms with Crippen molar-refractivity contribution in [2.24, 2.45) is 0 Å². The first-order chi connectivity index (χ1) is 7.65. The molecule has 0 aliphatic rings. The third-order valence-electron chi connectivity index (χ3n) is 2.01. The van der Waals surface area contributed by atoms with Gasteiger partial charge in [0.05, 0.1) is 0 Å². The average molecular weight is 276 g/mol. The first-order valence-corrected chi connectivity index (χ1v) is 5.59. The van der Waals surface area contributed by atoms with E-state index in [2.05, 4.69) is 9.97 Å². The van der Waals surface area contributed by atoms with Gasteiger partial charge in [0.2, 0.25) is 0 Å². The van der Waals surface area contributed by atoms with Gasteiger partial charge in [-0.15, -0.1) is 12.4 Å². The fourth-order valence-electron chi connectivity index (χ4n) is 1.40. The van der Waals surface area contributed by atoms with Crippen LogP contribution < -0.4 is 5.56 Å². The second kappa shape index (κ2) is 5.24. The number of carboxylic acid groups (broad SMARTS) is 1. The lowest BCUT2D eigenvalue weighted by Gasteiger charge is -1.96. The van der Waals surface area contributed by atoms with E-state index >= 15 is 0 Å². The van der Waals surface area contributed by atoms with Crippen molar-refractivity contribution < 1.29 is 9.90 Å². The minimum atomic E-state index is -1.20. The molecule has 2 heterocycles. The minimum absolute atomic E-state index is 0. The number of aromatic nitrogens is 3. The predicted octanol–water partition coefficient (Wildman–Crippen LogP) is 1.25. The number of hydrogen-bond acceptors (Lipinski definition) is 4. The van der Waals surface area contributed by atoms with E-state index in [9.17, 15) is 9.59 Å². The summed E-state index contributed by atoms with van der Waals surface area (Å²) in [6.07, 6.45) is 3.05. The topological polar surface area (TPSA) is 87.5 Å². The van der Waals surface area contributed by atoms with E-state index in [4.69, 9.17) is 5.11 Å². The van der Waals surface area contributed by atoms with Gasteiger partial charge in [-0.25, -0.2) is 9.78 Å². The summed E-state index contributed by atoms with van der Waals surface area (Å²) in [5.74, 6) is -0.442. The number of aromatic carboxylic acids is 1. The van der Waals surface area contributed by atoms with Crippen LogP contribution in [-0.4, -0.2) is 31.2 Å². The first-order valence-electron chi connectivity index (χ1n) is 4.61. The number of H-pyrrole nitrogens is 1. The highest BCUT2D eigenvalue weighted by molar-refractivity contribution is 7.99. The molecule has 2 aromatic rings. The molecule has 2 rings (SSSR count). The van der Waals surface area contributed by atoms with Crippen LogP contribution in [0.15, 0.2) is 22.3 Å². The molecule has 0 fully saturated rings. The molecular formula is C9H10ClN3O3S. The van der Waals surface area contributed by atoms with Crippen molar-refractivity contribution in [3.05, 3.63) is 28.4 Å². The van der Waals surface area contributed by atoms with E-state index in [1.165, 1.54) is 22.4 Å². The number of imidazole rings is 1. The van der Waals surface area contributed by atoms with Gasteiger partial charge in [-0.05, 0) is 5.75 Å². The summed E-state index contributed by atoms with van der Waals surface area (Å²) in [5, 5.41) is 9.47. The lowest BCUT2D eigenvalue weighted by Crippen LogP contribution is -2.11. The number of nitrogens with zero attached hydrogens (tertiary/aromatic N) is 2. The second-order valence-electron chi connectivity index (χ2n) is 2.99. The Morgan fingerprint density at radius 2 is 2.35 bits per heavy atom. The molecule has 0 unspecified atom stereocenters. The fraction of sp³-hybridized carbons (Fsp3) is 0.222. The van der Waals surface area contributed by atoms with Gasteiger partial charge in [-0.3, -0.25) is 9.20 Å². The van der Waals surface area contributed by atoms with Crippen LogP contribution in [0.2, 0.25) is 0 Å². The van der Waals surface area contributed by atoms with Crippen LogP contribution in [0.4, 0.5) is 0 Å². The Bertz CT molecular complexity index is 607. The van der Waals surface area contributed by atoms with Crippen LogP contribution in [0.3, 0.4) is 0 Å². The summed E-state index contributed by atoms with van der Waals surface area (Å²) < 4.78 is 1.50. The van der Waals surface area contributed by atoms with E-state index < -0.39 is 11.5 Å². The van der Waals surface area contributed by atoms with Crippen LogP contribution in [0, 0.1) is 0 Å². The van der Waals surface area contributed by atoms with Gasteiger partial charge in [-0.1, -0.05) is 18.7 Å². The number of aromatic amines is 1. The van der Waals surface area contributed by atoms with Gasteiger partial charge in [0, 0.05) is 12.4 Å². The number of rotatable bonds is 3. The van der Waals surface area contributed by atoms with Gasteiger partial charge in [0.1, 0.15) is 5.52 Å². The predicted molar refractivity (Wildman–Crippen MR) is 66.4 cm³/mol. The highest BCUT2D eigenvalue weighted by Gasteiger charge is 2.18. The Balaban J connectivity index is 0.00000144. The highest BCUT2D eigenvalue weighted by atomic mass is 35.5. The molecule has 0 radical (unpaired) electrons. The summed E-state index contributed by atoms with van der Waals surface area (Å²) in [7, 11) is 0. The van der Waals surface area contributed by atoms with E-state index in [1.807, 2.05) is 6.92 Å². The number of nitrogens with one attached hydrogen (secondary N) is 1. The fourth-order valence-corrected chi connectivity index (χ4v) is 2.11. The number of hydrogen-bond donors (Lipinski definition) is 2. The highest BCUT2D eigenvalue weighted by Crippen LogP contribution is 2.19. The zero-order valence-electron chi connectivity index (χ0n) is 8.84. The lowest BCUT2D eigenvalue weighted by atomic mass is 10.4. The third kappa shape index (κ3) is 2.29. The molecular weight excluding hydrogens is 266 g/mol. The molecule has 0 amide bonds. The molecule has 0 aliphatic heterocycles. The Hall–Kier alpha value is -1.47. The molecule has 17 heavy (non-hydrogen) atoms. The van der Waals surface area contributed by atoms with Gasteiger partial charge in [0.15, 0.2) is 10.9 Å². The Morgan fingerprint density at radius 1 is 1.65 bits per heavy atom. The maximum atomic E-state index is 11.5. The minimum Gasteiger partial charge on any atom is -0.476 e. The van der Waals surface area contributed by atoms with E-state index in [-0.39, 0.29) is 23.6 Å². The number of carboxylic acids is 1. The number of fused-ring (bicyclic) bond motifs is 1. The van der Waals surface area contributed by atoms with Gasteiger partial charge in [0.25, 0.3) is 5.56 Å². The average Bonchev–Trinajstić information content (AvgIpc) is 2.60. The summed E-state index contributed by atoms with van der Waals surface area (Å²) in [6, 6.07) is 0. The van der Waals surface area contributed by atoms with Crippen LogP contribution in [-0.2, 0) is 0 Å². The molecule has 0 atom stereocenters. The zero-order chi connectivity index (χ0) is 11.7. The quantitative estimate of drug-likeness (QED) is 0.823. The molecule has 0 bridgehead atoms. The second-order valence-corrected chi connectivity index (χ2v) is 4.22. The summed E-state index contributed by atoms with van der Waals surface area (Å²) in [4.78, 5) is 28.9. The monoisotopic (exact) mass is 275 g/mol. The Labute approximate surface area is 106 Å². The molecule has 0 aliphatic carbocycles. The van der Waals surface area contributed by atoms with Crippen molar-refractivity contribution in [1.29, 1.82) is 0 Å². The molecule has 2 aromatic heterocycles.